The Morgan fingerprint density at radius 3 is 2.50 bits per heavy atom. The van der Waals surface area contributed by atoms with Gasteiger partial charge in [0.25, 0.3) is 0 Å². The topological polar surface area (TPSA) is 15.3 Å². The van der Waals surface area contributed by atoms with Crippen LogP contribution in [0, 0.1) is 11.3 Å². The maximum atomic E-state index is 3.59. The van der Waals surface area contributed by atoms with Crippen LogP contribution in [0.5, 0.6) is 0 Å². The van der Waals surface area contributed by atoms with Gasteiger partial charge in [-0.25, -0.2) is 0 Å². The number of hydrogen-bond acceptors (Lipinski definition) is 2. The van der Waals surface area contributed by atoms with Crippen molar-refractivity contribution in [2.24, 2.45) is 11.3 Å². The molecule has 1 aliphatic heterocycles. The number of nitrogens with one attached hydrogen (secondary N) is 1. The van der Waals surface area contributed by atoms with E-state index in [0.29, 0.717) is 11.5 Å². The predicted octanol–water partition coefficient (Wildman–Crippen LogP) is 2.50. The molecule has 16 heavy (non-hydrogen) atoms. The van der Waals surface area contributed by atoms with Crippen molar-refractivity contribution in [3.63, 3.8) is 0 Å². The van der Waals surface area contributed by atoms with E-state index in [1.165, 1.54) is 51.7 Å². The molecule has 1 N–H and O–H groups in total. The van der Waals surface area contributed by atoms with Gasteiger partial charge >= 0.3 is 0 Å². The second kappa shape index (κ2) is 5.05. The second-order valence-electron chi connectivity index (χ2n) is 6.41. The van der Waals surface area contributed by atoms with Crippen molar-refractivity contribution in [1.29, 1.82) is 0 Å². The quantitative estimate of drug-likeness (QED) is 0.792. The lowest BCUT2D eigenvalue weighted by Crippen LogP contribution is -2.51. The molecule has 2 nitrogen and oxygen atoms in total. The highest BCUT2D eigenvalue weighted by Gasteiger charge is 2.38. The SMILES string of the molecule is CNC1C(CN2CCCC2)CCCC1(C)C. The summed E-state index contributed by atoms with van der Waals surface area (Å²) in [6.07, 6.45) is 7.06. The third-order valence-electron chi connectivity index (χ3n) is 4.71. The average molecular weight is 224 g/mol. The third kappa shape index (κ3) is 2.60. The lowest BCUT2D eigenvalue weighted by atomic mass is 9.68. The molecule has 1 saturated heterocycles. The number of rotatable bonds is 3. The standard InChI is InChI=1S/C14H28N2/c1-14(2)8-6-7-12(13(14)15-3)11-16-9-4-5-10-16/h12-13,15H,4-11H2,1-3H3. The van der Waals surface area contributed by atoms with E-state index >= 15 is 0 Å². The first-order valence-electron chi connectivity index (χ1n) is 7.03. The molecule has 1 heterocycles. The van der Waals surface area contributed by atoms with Crippen LogP contribution >= 0.6 is 0 Å². The van der Waals surface area contributed by atoms with Crippen molar-refractivity contribution in [1.82, 2.24) is 10.2 Å². The zero-order chi connectivity index (χ0) is 11.6. The predicted molar refractivity (Wildman–Crippen MR) is 69.6 cm³/mol. The summed E-state index contributed by atoms with van der Waals surface area (Å²) in [6.45, 7) is 8.88. The first kappa shape index (κ1) is 12.4. The van der Waals surface area contributed by atoms with E-state index in [9.17, 15) is 0 Å². The van der Waals surface area contributed by atoms with Gasteiger partial charge in [0.1, 0.15) is 0 Å². The molecule has 0 radical (unpaired) electrons. The molecule has 2 fully saturated rings. The van der Waals surface area contributed by atoms with Gasteiger partial charge in [-0.1, -0.05) is 20.3 Å². The summed E-state index contributed by atoms with van der Waals surface area (Å²) in [5.41, 5.74) is 0.484. The van der Waals surface area contributed by atoms with Crippen LogP contribution in [0.4, 0.5) is 0 Å². The van der Waals surface area contributed by atoms with Crippen LogP contribution in [0.3, 0.4) is 0 Å². The monoisotopic (exact) mass is 224 g/mol. The summed E-state index contributed by atoms with van der Waals surface area (Å²) in [5, 5.41) is 3.59. The Morgan fingerprint density at radius 1 is 1.19 bits per heavy atom. The fourth-order valence-corrected chi connectivity index (χ4v) is 3.90. The Balaban J connectivity index is 1.95. The summed E-state index contributed by atoms with van der Waals surface area (Å²) in [6, 6.07) is 0.710. The Kier molecular flexibility index (Phi) is 3.91. The fourth-order valence-electron chi connectivity index (χ4n) is 3.90. The number of nitrogens with zero attached hydrogens (tertiary/aromatic N) is 1. The van der Waals surface area contributed by atoms with Gasteiger partial charge in [0.05, 0.1) is 0 Å². The molecule has 2 atom stereocenters. The van der Waals surface area contributed by atoms with E-state index in [2.05, 4.69) is 31.1 Å². The molecule has 2 rings (SSSR count). The molecule has 0 amide bonds. The Bertz CT molecular complexity index is 219. The maximum Gasteiger partial charge on any atom is 0.0156 e. The van der Waals surface area contributed by atoms with Gasteiger partial charge < -0.3 is 10.2 Å². The molecule has 1 aliphatic carbocycles. The van der Waals surface area contributed by atoms with Gasteiger partial charge in [0.15, 0.2) is 0 Å². The van der Waals surface area contributed by atoms with Gasteiger partial charge in [-0.05, 0) is 57.2 Å². The first-order valence-corrected chi connectivity index (χ1v) is 7.03. The van der Waals surface area contributed by atoms with Gasteiger partial charge in [-0.2, -0.15) is 0 Å². The zero-order valence-corrected chi connectivity index (χ0v) is 11.3. The van der Waals surface area contributed by atoms with Crippen LogP contribution in [0.15, 0.2) is 0 Å². The zero-order valence-electron chi connectivity index (χ0n) is 11.3. The van der Waals surface area contributed by atoms with E-state index in [1.807, 2.05) is 0 Å². The smallest absolute Gasteiger partial charge is 0.0156 e. The highest BCUT2D eigenvalue weighted by Crippen LogP contribution is 2.39. The van der Waals surface area contributed by atoms with Crippen molar-refractivity contribution < 1.29 is 0 Å². The summed E-state index contributed by atoms with van der Waals surface area (Å²) < 4.78 is 0. The molecule has 2 unspecified atom stereocenters. The van der Waals surface area contributed by atoms with Crippen LogP contribution in [0.2, 0.25) is 0 Å². The summed E-state index contributed by atoms with van der Waals surface area (Å²) in [4.78, 5) is 2.68. The number of likely N-dealkylation sites (tertiary alicyclic amines) is 1. The van der Waals surface area contributed by atoms with Crippen LogP contribution < -0.4 is 5.32 Å². The minimum absolute atomic E-state index is 0.484. The first-order chi connectivity index (χ1) is 7.63. The van der Waals surface area contributed by atoms with Crippen LogP contribution in [-0.4, -0.2) is 37.6 Å². The molecule has 0 aromatic rings. The van der Waals surface area contributed by atoms with Crippen LogP contribution in [0.25, 0.3) is 0 Å². The van der Waals surface area contributed by atoms with E-state index in [-0.39, 0.29) is 0 Å². The third-order valence-corrected chi connectivity index (χ3v) is 4.71. The van der Waals surface area contributed by atoms with Gasteiger partial charge in [0, 0.05) is 12.6 Å². The largest absolute Gasteiger partial charge is 0.316 e. The molecular weight excluding hydrogens is 196 g/mol. The van der Waals surface area contributed by atoms with E-state index < -0.39 is 0 Å². The van der Waals surface area contributed by atoms with Crippen molar-refractivity contribution in [2.75, 3.05) is 26.7 Å². The normalized spacial score (nSPS) is 35.4. The van der Waals surface area contributed by atoms with Crippen LogP contribution in [-0.2, 0) is 0 Å². The van der Waals surface area contributed by atoms with Crippen LogP contribution in [0.1, 0.15) is 46.0 Å². The summed E-state index contributed by atoms with van der Waals surface area (Å²) in [5.74, 6) is 0.867. The van der Waals surface area contributed by atoms with Crippen molar-refractivity contribution >= 4 is 0 Å². The van der Waals surface area contributed by atoms with E-state index in [1.54, 1.807) is 0 Å². The molecule has 1 saturated carbocycles. The number of hydrogen-bond donors (Lipinski definition) is 1. The average Bonchev–Trinajstić information content (AvgIpc) is 2.69. The molecule has 2 heteroatoms. The van der Waals surface area contributed by atoms with Crippen molar-refractivity contribution in [3.8, 4) is 0 Å². The highest BCUT2D eigenvalue weighted by atomic mass is 15.1. The van der Waals surface area contributed by atoms with Gasteiger partial charge in [-0.15, -0.1) is 0 Å². The van der Waals surface area contributed by atoms with Crippen molar-refractivity contribution in [3.05, 3.63) is 0 Å². The summed E-state index contributed by atoms with van der Waals surface area (Å²) >= 11 is 0. The molecule has 2 aliphatic rings. The molecule has 0 bridgehead atoms. The second-order valence-corrected chi connectivity index (χ2v) is 6.41. The molecule has 0 aromatic carbocycles. The molecule has 0 aromatic heterocycles. The minimum Gasteiger partial charge on any atom is -0.316 e. The van der Waals surface area contributed by atoms with Gasteiger partial charge in [-0.3, -0.25) is 0 Å². The highest BCUT2D eigenvalue weighted by molar-refractivity contribution is 4.94. The van der Waals surface area contributed by atoms with Gasteiger partial charge in [0.2, 0.25) is 0 Å². The van der Waals surface area contributed by atoms with E-state index in [0.717, 1.165) is 5.92 Å². The Morgan fingerprint density at radius 2 is 1.88 bits per heavy atom. The Hall–Kier alpha value is -0.0800. The fraction of sp³-hybridized carbons (Fsp3) is 1.00. The van der Waals surface area contributed by atoms with Crippen molar-refractivity contribution in [2.45, 2.75) is 52.0 Å². The van der Waals surface area contributed by atoms with E-state index in [4.69, 9.17) is 0 Å². The molecule has 0 spiro atoms. The lowest BCUT2D eigenvalue weighted by molar-refractivity contribution is 0.0901. The minimum atomic E-state index is 0.484. The summed E-state index contributed by atoms with van der Waals surface area (Å²) in [7, 11) is 2.15. The maximum absolute atomic E-state index is 3.59. The lowest BCUT2D eigenvalue weighted by Gasteiger charge is -2.45. The molecular formula is C14H28N2. The molecule has 94 valence electrons. The Labute approximate surface area is 101 Å².